The highest BCUT2D eigenvalue weighted by Gasteiger charge is 2.40. The van der Waals surface area contributed by atoms with Crippen molar-refractivity contribution in [3.63, 3.8) is 0 Å². The number of aryl methyl sites for hydroxylation is 1. The number of carbonyl (C=O) groups excluding carboxylic acids is 2. The summed E-state index contributed by atoms with van der Waals surface area (Å²) in [6.45, 7) is 2.04. The maximum atomic E-state index is 12.7. The predicted octanol–water partition coefficient (Wildman–Crippen LogP) is 5.62. The van der Waals surface area contributed by atoms with Gasteiger partial charge in [0.1, 0.15) is 11.5 Å². The molecule has 4 rings (SSSR count). The molecule has 0 N–H and O–H groups in total. The fourth-order valence-electron chi connectivity index (χ4n) is 3.57. The SMILES string of the molecule is Cc1ccc(-c2ccc(C=C3SC(=O)N(C4CCCCC4)C3=O)o2)cc1. The Hall–Kier alpha value is -2.27. The first-order valence-corrected chi connectivity index (χ1v) is 9.87. The molecule has 2 heterocycles. The van der Waals surface area contributed by atoms with E-state index in [1.807, 2.05) is 43.3 Å². The van der Waals surface area contributed by atoms with E-state index in [1.54, 1.807) is 6.08 Å². The van der Waals surface area contributed by atoms with Gasteiger partial charge in [-0.2, -0.15) is 0 Å². The minimum absolute atomic E-state index is 0.0573. The third kappa shape index (κ3) is 3.36. The Kier molecular flexibility index (Phi) is 4.72. The van der Waals surface area contributed by atoms with Gasteiger partial charge in [0, 0.05) is 17.7 Å². The van der Waals surface area contributed by atoms with E-state index in [9.17, 15) is 9.59 Å². The van der Waals surface area contributed by atoms with Crippen LogP contribution in [0.1, 0.15) is 43.4 Å². The molecule has 1 aliphatic carbocycles. The second kappa shape index (κ2) is 7.16. The van der Waals surface area contributed by atoms with E-state index in [0.29, 0.717) is 10.7 Å². The summed E-state index contributed by atoms with van der Waals surface area (Å²) in [4.78, 5) is 27.0. The minimum atomic E-state index is -0.180. The van der Waals surface area contributed by atoms with Crippen molar-refractivity contribution in [1.82, 2.24) is 4.90 Å². The Balaban J connectivity index is 1.54. The van der Waals surface area contributed by atoms with Crippen LogP contribution in [-0.2, 0) is 4.79 Å². The third-order valence-electron chi connectivity index (χ3n) is 5.00. The lowest BCUT2D eigenvalue weighted by Crippen LogP contribution is -2.39. The topological polar surface area (TPSA) is 50.5 Å². The smallest absolute Gasteiger partial charge is 0.293 e. The minimum Gasteiger partial charge on any atom is -0.457 e. The first-order valence-electron chi connectivity index (χ1n) is 9.06. The molecule has 2 fully saturated rings. The second-order valence-corrected chi connectivity index (χ2v) is 7.90. The second-order valence-electron chi connectivity index (χ2n) is 6.91. The summed E-state index contributed by atoms with van der Waals surface area (Å²) in [5, 5.41) is -0.154. The number of imide groups is 1. The highest BCUT2D eigenvalue weighted by Crippen LogP contribution is 2.37. The summed E-state index contributed by atoms with van der Waals surface area (Å²) in [6, 6.07) is 11.9. The Morgan fingerprint density at radius 3 is 2.50 bits per heavy atom. The number of benzene rings is 1. The van der Waals surface area contributed by atoms with Gasteiger partial charge < -0.3 is 4.42 Å². The molecule has 0 unspecified atom stereocenters. The molecule has 0 radical (unpaired) electrons. The van der Waals surface area contributed by atoms with Crippen LogP contribution in [0.2, 0.25) is 0 Å². The predicted molar refractivity (Wildman–Crippen MR) is 104 cm³/mol. The van der Waals surface area contributed by atoms with Crippen LogP contribution in [0.15, 0.2) is 45.7 Å². The summed E-state index contributed by atoms with van der Waals surface area (Å²) in [5.41, 5.74) is 2.18. The standard InChI is InChI=1S/C21H21NO3S/c1-14-7-9-15(10-8-14)18-12-11-17(25-18)13-19-20(23)22(21(24)26-19)16-5-3-2-4-6-16/h7-13,16H,2-6H2,1H3. The van der Waals surface area contributed by atoms with Crippen LogP contribution < -0.4 is 0 Å². The van der Waals surface area contributed by atoms with E-state index in [2.05, 4.69) is 0 Å². The normalized spacial score (nSPS) is 20.3. The Labute approximate surface area is 157 Å². The quantitative estimate of drug-likeness (QED) is 0.660. The molecule has 1 aromatic heterocycles. The Morgan fingerprint density at radius 2 is 1.77 bits per heavy atom. The van der Waals surface area contributed by atoms with Crippen LogP contribution in [0.4, 0.5) is 4.79 Å². The fourth-order valence-corrected chi connectivity index (χ4v) is 4.45. The molecule has 2 aromatic rings. The molecule has 1 saturated carbocycles. The summed E-state index contributed by atoms with van der Waals surface area (Å²) < 4.78 is 5.86. The van der Waals surface area contributed by atoms with E-state index < -0.39 is 0 Å². The van der Waals surface area contributed by atoms with Gasteiger partial charge in [-0.3, -0.25) is 14.5 Å². The molecule has 0 atom stereocenters. The van der Waals surface area contributed by atoms with Gasteiger partial charge in [-0.15, -0.1) is 0 Å². The number of hydrogen-bond donors (Lipinski definition) is 0. The van der Waals surface area contributed by atoms with E-state index in [-0.39, 0.29) is 17.2 Å². The number of nitrogens with zero attached hydrogens (tertiary/aromatic N) is 1. The van der Waals surface area contributed by atoms with E-state index in [1.165, 1.54) is 16.9 Å². The van der Waals surface area contributed by atoms with Gasteiger partial charge in [-0.05, 0) is 43.7 Å². The van der Waals surface area contributed by atoms with Crippen molar-refractivity contribution in [2.24, 2.45) is 0 Å². The first kappa shape index (κ1) is 17.2. The molecular formula is C21H21NO3S. The zero-order chi connectivity index (χ0) is 18.1. The molecule has 134 valence electrons. The maximum absolute atomic E-state index is 12.7. The van der Waals surface area contributed by atoms with Gasteiger partial charge in [0.05, 0.1) is 4.91 Å². The third-order valence-corrected chi connectivity index (χ3v) is 5.88. The molecule has 0 spiro atoms. The summed E-state index contributed by atoms with van der Waals surface area (Å²) in [6.07, 6.45) is 6.89. The fraction of sp³-hybridized carbons (Fsp3) is 0.333. The zero-order valence-electron chi connectivity index (χ0n) is 14.7. The largest absolute Gasteiger partial charge is 0.457 e. The molecule has 0 bridgehead atoms. The Morgan fingerprint density at radius 1 is 1.04 bits per heavy atom. The summed E-state index contributed by atoms with van der Waals surface area (Å²) in [7, 11) is 0. The monoisotopic (exact) mass is 367 g/mol. The van der Waals surface area contributed by atoms with Gasteiger partial charge in [0.25, 0.3) is 11.1 Å². The van der Waals surface area contributed by atoms with Crippen LogP contribution in [-0.4, -0.2) is 22.1 Å². The average molecular weight is 367 g/mol. The Bertz CT molecular complexity index is 860. The molecule has 26 heavy (non-hydrogen) atoms. The molecule has 4 nitrogen and oxygen atoms in total. The van der Waals surface area contributed by atoms with Crippen LogP contribution in [0, 0.1) is 6.92 Å². The molecule has 5 heteroatoms. The van der Waals surface area contributed by atoms with Crippen LogP contribution >= 0.6 is 11.8 Å². The summed E-state index contributed by atoms with van der Waals surface area (Å²) >= 11 is 1.02. The van der Waals surface area contributed by atoms with Crippen molar-refractivity contribution >= 4 is 29.0 Å². The van der Waals surface area contributed by atoms with Gasteiger partial charge in [-0.1, -0.05) is 49.1 Å². The maximum Gasteiger partial charge on any atom is 0.293 e. The molecule has 1 aliphatic heterocycles. The van der Waals surface area contributed by atoms with Crippen LogP contribution in [0.25, 0.3) is 17.4 Å². The van der Waals surface area contributed by atoms with Crippen molar-refractivity contribution < 1.29 is 14.0 Å². The van der Waals surface area contributed by atoms with Gasteiger partial charge >= 0.3 is 0 Å². The number of furan rings is 1. The zero-order valence-corrected chi connectivity index (χ0v) is 15.6. The van der Waals surface area contributed by atoms with Gasteiger partial charge in [0.2, 0.25) is 0 Å². The lowest BCUT2D eigenvalue weighted by atomic mass is 9.94. The molecular weight excluding hydrogens is 346 g/mol. The van der Waals surface area contributed by atoms with Gasteiger partial charge in [0.15, 0.2) is 0 Å². The molecule has 1 saturated heterocycles. The number of hydrogen-bond acceptors (Lipinski definition) is 4. The van der Waals surface area contributed by atoms with E-state index in [4.69, 9.17) is 4.42 Å². The highest BCUT2D eigenvalue weighted by molar-refractivity contribution is 8.18. The van der Waals surface area contributed by atoms with Crippen molar-refractivity contribution in [3.8, 4) is 11.3 Å². The van der Waals surface area contributed by atoms with E-state index >= 15 is 0 Å². The number of rotatable bonds is 3. The van der Waals surface area contributed by atoms with E-state index in [0.717, 1.165) is 48.8 Å². The number of amides is 2. The van der Waals surface area contributed by atoms with Crippen LogP contribution in [0.5, 0.6) is 0 Å². The lowest BCUT2D eigenvalue weighted by Gasteiger charge is -2.28. The number of carbonyl (C=O) groups is 2. The van der Waals surface area contributed by atoms with Crippen molar-refractivity contribution in [1.29, 1.82) is 0 Å². The van der Waals surface area contributed by atoms with Crippen LogP contribution in [0.3, 0.4) is 0 Å². The first-order chi connectivity index (χ1) is 12.6. The van der Waals surface area contributed by atoms with Crippen molar-refractivity contribution in [2.45, 2.75) is 45.1 Å². The lowest BCUT2D eigenvalue weighted by molar-refractivity contribution is -0.124. The molecule has 2 aliphatic rings. The molecule has 2 amide bonds. The summed E-state index contributed by atoms with van der Waals surface area (Å²) in [5.74, 6) is 1.16. The number of thioether (sulfide) groups is 1. The van der Waals surface area contributed by atoms with Crippen molar-refractivity contribution in [3.05, 3.63) is 52.6 Å². The molecule has 1 aromatic carbocycles. The highest BCUT2D eigenvalue weighted by atomic mass is 32.2. The van der Waals surface area contributed by atoms with Crippen molar-refractivity contribution in [2.75, 3.05) is 0 Å². The van der Waals surface area contributed by atoms with Gasteiger partial charge in [-0.25, -0.2) is 0 Å². The average Bonchev–Trinajstić information content (AvgIpc) is 3.21.